The van der Waals surface area contributed by atoms with Crippen LogP contribution in [0.15, 0.2) is 0 Å². The van der Waals surface area contributed by atoms with Crippen molar-refractivity contribution in [3.05, 3.63) is 0 Å². The van der Waals surface area contributed by atoms with Gasteiger partial charge in [-0.15, -0.1) is 0 Å². The van der Waals surface area contributed by atoms with Crippen LogP contribution in [-0.2, 0) is 9.47 Å². The zero-order valence-electron chi connectivity index (χ0n) is 9.94. The third kappa shape index (κ3) is 7.98. The molecule has 98 valence electrons. The van der Waals surface area contributed by atoms with Crippen LogP contribution in [-0.4, -0.2) is 51.6 Å². The topological polar surface area (TPSA) is 123 Å². The molecule has 0 saturated carbocycles. The quantitative estimate of drug-likeness (QED) is 0.318. The Kier molecular flexibility index (Phi) is 11.1. The average Bonchev–Trinajstić information content (AvgIpc) is 2.31. The molecule has 16 heavy (non-hydrogen) atoms. The molecule has 0 radical (unpaired) electrons. The van der Waals surface area contributed by atoms with Crippen LogP contribution in [0.1, 0.15) is 12.8 Å². The summed E-state index contributed by atoms with van der Waals surface area (Å²) in [4.78, 5) is 0. The Bertz CT molecular complexity index is 149. The van der Waals surface area contributed by atoms with Crippen LogP contribution in [0.3, 0.4) is 0 Å². The zero-order valence-corrected chi connectivity index (χ0v) is 9.94. The standard InChI is InChI=1S/C10H26N4O2/c11-3-1-2-9(14)10(8-13)16-7-6-15-5-4-12/h9-10H,1-8,11-14H2. The van der Waals surface area contributed by atoms with Crippen molar-refractivity contribution in [2.24, 2.45) is 22.9 Å². The SMILES string of the molecule is NCCCC(N)C(CN)OCCOCCN. The van der Waals surface area contributed by atoms with Crippen molar-refractivity contribution in [3.8, 4) is 0 Å². The van der Waals surface area contributed by atoms with Gasteiger partial charge in [0.25, 0.3) is 0 Å². The van der Waals surface area contributed by atoms with Gasteiger partial charge in [0.15, 0.2) is 0 Å². The molecular weight excluding hydrogens is 208 g/mol. The van der Waals surface area contributed by atoms with E-state index >= 15 is 0 Å². The Morgan fingerprint density at radius 2 is 1.69 bits per heavy atom. The largest absolute Gasteiger partial charge is 0.378 e. The molecule has 8 N–H and O–H groups in total. The van der Waals surface area contributed by atoms with E-state index in [1.54, 1.807) is 0 Å². The van der Waals surface area contributed by atoms with Gasteiger partial charge >= 0.3 is 0 Å². The second-order valence-corrected chi connectivity index (χ2v) is 3.64. The van der Waals surface area contributed by atoms with Gasteiger partial charge in [-0.05, 0) is 19.4 Å². The molecular formula is C10H26N4O2. The van der Waals surface area contributed by atoms with Crippen LogP contribution < -0.4 is 22.9 Å². The second-order valence-electron chi connectivity index (χ2n) is 3.64. The maximum Gasteiger partial charge on any atom is 0.0848 e. The third-order valence-electron chi connectivity index (χ3n) is 2.27. The maximum absolute atomic E-state index is 5.93. The van der Waals surface area contributed by atoms with E-state index in [9.17, 15) is 0 Å². The maximum atomic E-state index is 5.93. The lowest BCUT2D eigenvalue weighted by Crippen LogP contribution is -2.42. The Balaban J connectivity index is 3.56. The van der Waals surface area contributed by atoms with Gasteiger partial charge in [0.05, 0.1) is 25.9 Å². The summed E-state index contributed by atoms with van der Waals surface area (Å²) in [6.45, 7) is 3.16. The highest BCUT2D eigenvalue weighted by molar-refractivity contribution is 4.74. The van der Waals surface area contributed by atoms with Crippen LogP contribution in [0, 0.1) is 0 Å². The molecule has 0 amide bonds. The monoisotopic (exact) mass is 234 g/mol. The highest BCUT2D eigenvalue weighted by Crippen LogP contribution is 2.02. The lowest BCUT2D eigenvalue weighted by molar-refractivity contribution is -0.00158. The molecule has 6 heteroatoms. The van der Waals surface area contributed by atoms with E-state index in [0.29, 0.717) is 39.5 Å². The highest BCUT2D eigenvalue weighted by Gasteiger charge is 2.15. The van der Waals surface area contributed by atoms with E-state index in [1.807, 2.05) is 0 Å². The normalized spacial score (nSPS) is 15.0. The molecule has 0 aliphatic heterocycles. The van der Waals surface area contributed by atoms with Gasteiger partial charge in [-0.25, -0.2) is 0 Å². The predicted octanol–water partition coefficient (Wildman–Crippen LogP) is -1.63. The van der Waals surface area contributed by atoms with E-state index in [-0.39, 0.29) is 12.1 Å². The van der Waals surface area contributed by atoms with Gasteiger partial charge in [0.2, 0.25) is 0 Å². The fourth-order valence-corrected chi connectivity index (χ4v) is 1.35. The average molecular weight is 234 g/mol. The lowest BCUT2D eigenvalue weighted by Gasteiger charge is -2.22. The van der Waals surface area contributed by atoms with Crippen molar-refractivity contribution >= 4 is 0 Å². The molecule has 0 aromatic rings. The van der Waals surface area contributed by atoms with Crippen molar-refractivity contribution in [1.29, 1.82) is 0 Å². The number of nitrogens with two attached hydrogens (primary N) is 4. The molecule has 0 rings (SSSR count). The van der Waals surface area contributed by atoms with Crippen molar-refractivity contribution in [1.82, 2.24) is 0 Å². The zero-order chi connectivity index (χ0) is 12.2. The van der Waals surface area contributed by atoms with Crippen LogP contribution in [0.2, 0.25) is 0 Å². The third-order valence-corrected chi connectivity index (χ3v) is 2.27. The van der Waals surface area contributed by atoms with Gasteiger partial charge in [0, 0.05) is 19.1 Å². The van der Waals surface area contributed by atoms with Gasteiger partial charge in [0.1, 0.15) is 0 Å². The summed E-state index contributed by atoms with van der Waals surface area (Å²) < 4.78 is 10.7. The first-order valence-electron chi connectivity index (χ1n) is 5.81. The van der Waals surface area contributed by atoms with E-state index in [1.165, 1.54) is 0 Å². The number of rotatable bonds is 11. The lowest BCUT2D eigenvalue weighted by atomic mass is 10.1. The Labute approximate surface area is 97.6 Å². The van der Waals surface area contributed by atoms with Gasteiger partial charge in [-0.3, -0.25) is 0 Å². The first kappa shape index (κ1) is 15.8. The minimum atomic E-state index is -0.118. The first-order valence-corrected chi connectivity index (χ1v) is 5.81. The second kappa shape index (κ2) is 11.3. The van der Waals surface area contributed by atoms with E-state index in [4.69, 9.17) is 32.4 Å². The van der Waals surface area contributed by atoms with E-state index < -0.39 is 0 Å². The van der Waals surface area contributed by atoms with Crippen LogP contribution >= 0.6 is 0 Å². The number of hydrogen-bond acceptors (Lipinski definition) is 6. The van der Waals surface area contributed by atoms with Gasteiger partial charge in [-0.2, -0.15) is 0 Å². The summed E-state index contributed by atoms with van der Waals surface area (Å²) in [5.74, 6) is 0. The molecule has 0 fully saturated rings. The molecule has 0 aliphatic carbocycles. The van der Waals surface area contributed by atoms with Crippen LogP contribution in [0.4, 0.5) is 0 Å². The Hall–Kier alpha value is -0.240. The summed E-state index contributed by atoms with van der Waals surface area (Å²) in [6, 6.07) is -0.0527. The van der Waals surface area contributed by atoms with Gasteiger partial charge in [-0.1, -0.05) is 0 Å². The van der Waals surface area contributed by atoms with Crippen molar-refractivity contribution < 1.29 is 9.47 Å². The molecule has 0 saturated heterocycles. The van der Waals surface area contributed by atoms with Crippen LogP contribution in [0.25, 0.3) is 0 Å². The summed E-state index contributed by atoms with van der Waals surface area (Å²) in [5.41, 5.74) is 22.2. The van der Waals surface area contributed by atoms with Crippen molar-refractivity contribution in [2.45, 2.75) is 25.0 Å². The molecule has 0 spiro atoms. The smallest absolute Gasteiger partial charge is 0.0848 e. The Morgan fingerprint density at radius 3 is 2.25 bits per heavy atom. The molecule has 2 atom stereocenters. The van der Waals surface area contributed by atoms with Crippen molar-refractivity contribution in [2.75, 3.05) is 39.5 Å². The predicted molar refractivity (Wildman–Crippen MR) is 64.9 cm³/mol. The molecule has 0 aliphatic rings. The first-order chi connectivity index (χ1) is 7.76. The molecule has 0 bridgehead atoms. The molecule has 6 nitrogen and oxygen atoms in total. The van der Waals surface area contributed by atoms with E-state index in [2.05, 4.69) is 0 Å². The van der Waals surface area contributed by atoms with Gasteiger partial charge < -0.3 is 32.4 Å². The molecule has 2 unspecified atom stereocenters. The van der Waals surface area contributed by atoms with Crippen LogP contribution in [0.5, 0.6) is 0 Å². The molecule has 0 aromatic heterocycles. The highest BCUT2D eigenvalue weighted by atomic mass is 16.5. The number of hydrogen-bond donors (Lipinski definition) is 4. The summed E-state index contributed by atoms with van der Waals surface area (Å²) in [5, 5.41) is 0. The van der Waals surface area contributed by atoms with Crippen molar-refractivity contribution in [3.63, 3.8) is 0 Å². The fraction of sp³-hybridized carbons (Fsp3) is 1.00. The minimum absolute atomic E-state index is 0.0527. The summed E-state index contributed by atoms with van der Waals surface area (Å²) >= 11 is 0. The molecule has 0 aromatic carbocycles. The Morgan fingerprint density at radius 1 is 0.938 bits per heavy atom. The summed E-state index contributed by atoms with van der Waals surface area (Å²) in [7, 11) is 0. The fourth-order valence-electron chi connectivity index (χ4n) is 1.35. The minimum Gasteiger partial charge on any atom is -0.378 e. The molecule has 0 heterocycles. The van der Waals surface area contributed by atoms with E-state index in [0.717, 1.165) is 12.8 Å². The number of ether oxygens (including phenoxy) is 2. The summed E-state index contributed by atoms with van der Waals surface area (Å²) in [6.07, 6.45) is 1.61.